The van der Waals surface area contributed by atoms with Gasteiger partial charge >= 0.3 is 0 Å². The molecule has 3 fully saturated rings. The Kier molecular flexibility index (Phi) is 6.67. The maximum atomic E-state index is 14.7. The van der Waals surface area contributed by atoms with Crippen molar-refractivity contribution < 1.29 is 13.2 Å². The Bertz CT molecular complexity index is 1430. The second-order valence-corrected chi connectivity index (χ2v) is 14.2. The van der Waals surface area contributed by atoms with Gasteiger partial charge in [-0.25, -0.2) is 12.7 Å². The van der Waals surface area contributed by atoms with Crippen LogP contribution in [0.4, 0.5) is 0 Å². The van der Waals surface area contributed by atoms with Crippen LogP contribution in [0.25, 0.3) is 0 Å². The summed E-state index contributed by atoms with van der Waals surface area (Å²) in [5.74, 6) is -0.294. The monoisotopic (exact) mass is 542 g/mol. The first-order chi connectivity index (χ1) is 18.7. The van der Waals surface area contributed by atoms with E-state index in [1.807, 2.05) is 78.9 Å². The molecule has 3 aromatic carbocycles. The van der Waals surface area contributed by atoms with Crippen molar-refractivity contribution >= 4 is 15.9 Å². The largest absolute Gasteiger partial charge is 0.305 e. The van der Waals surface area contributed by atoms with Crippen LogP contribution >= 0.6 is 0 Å². The molecule has 1 spiro atoms. The van der Waals surface area contributed by atoms with Crippen molar-refractivity contribution in [3.8, 4) is 0 Å². The molecule has 3 aliphatic rings. The van der Waals surface area contributed by atoms with Gasteiger partial charge in [-0.2, -0.15) is 0 Å². The fourth-order valence-corrected chi connectivity index (χ4v) is 10.5. The molecule has 1 N–H and O–H groups in total. The molecule has 39 heavy (non-hydrogen) atoms. The molecule has 1 saturated heterocycles. The summed E-state index contributed by atoms with van der Waals surface area (Å²) in [4.78, 5) is 14.7. The molecular formula is C33H38N2O3S. The number of sulfonamides is 1. The number of rotatable bonds is 8. The number of carbonyl (C=O) groups is 1. The van der Waals surface area contributed by atoms with Crippen molar-refractivity contribution in [1.82, 2.24) is 9.62 Å². The second-order valence-electron chi connectivity index (χ2n) is 12.3. The van der Waals surface area contributed by atoms with Gasteiger partial charge in [0.1, 0.15) is 0 Å². The molecule has 3 aromatic rings. The lowest BCUT2D eigenvalue weighted by molar-refractivity contribution is -0.134. The molecule has 5 nitrogen and oxygen atoms in total. The van der Waals surface area contributed by atoms with Crippen molar-refractivity contribution in [2.45, 2.75) is 58.2 Å². The summed E-state index contributed by atoms with van der Waals surface area (Å²) in [5, 5.41) is 3.67. The van der Waals surface area contributed by atoms with Crippen molar-refractivity contribution in [3.05, 3.63) is 108 Å². The number of hydrogen-bond acceptors (Lipinski definition) is 4. The van der Waals surface area contributed by atoms with Gasteiger partial charge in [-0.05, 0) is 53.7 Å². The maximum Gasteiger partial charge on any atom is 0.241 e. The Balaban J connectivity index is 1.40. The van der Waals surface area contributed by atoms with E-state index in [1.54, 1.807) is 0 Å². The maximum absolute atomic E-state index is 14.7. The smallest absolute Gasteiger partial charge is 0.241 e. The van der Waals surface area contributed by atoms with Crippen LogP contribution in [-0.2, 0) is 27.8 Å². The molecule has 1 amide bonds. The fourth-order valence-electron chi connectivity index (χ4n) is 7.93. The first kappa shape index (κ1) is 26.3. The zero-order chi connectivity index (χ0) is 27.3. The van der Waals surface area contributed by atoms with Crippen LogP contribution in [0.5, 0.6) is 0 Å². The predicted molar refractivity (Wildman–Crippen MR) is 154 cm³/mol. The van der Waals surface area contributed by atoms with Crippen LogP contribution in [0.1, 0.15) is 55.8 Å². The molecule has 2 bridgehead atoms. The minimum absolute atomic E-state index is 0.0842. The first-order valence-corrected chi connectivity index (χ1v) is 15.8. The Morgan fingerprint density at radius 1 is 0.923 bits per heavy atom. The summed E-state index contributed by atoms with van der Waals surface area (Å²) in [5.41, 5.74) is 2.70. The molecular weight excluding hydrogens is 504 g/mol. The van der Waals surface area contributed by atoms with Crippen molar-refractivity contribution in [2.75, 3.05) is 5.75 Å². The third-order valence-electron chi connectivity index (χ3n) is 10.2. The van der Waals surface area contributed by atoms with Crippen LogP contribution in [0, 0.1) is 22.7 Å². The van der Waals surface area contributed by atoms with E-state index in [0.717, 1.165) is 36.0 Å². The van der Waals surface area contributed by atoms with Gasteiger partial charge in [-0.3, -0.25) is 4.79 Å². The van der Waals surface area contributed by atoms with Crippen LogP contribution in [0.2, 0.25) is 0 Å². The van der Waals surface area contributed by atoms with E-state index >= 15 is 0 Å². The van der Waals surface area contributed by atoms with Gasteiger partial charge in [0.2, 0.25) is 15.9 Å². The molecule has 1 heterocycles. The molecule has 6 rings (SSSR count). The fraction of sp³-hybridized carbons (Fsp3) is 0.424. The Hall–Kier alpha value is -2.96. The van der Waals surface area contributed by atoms with Gasteiger partial charge in [0.25, 0.3) is 0 Å². The number of nitrogens with one attached hydrogen (secondary N) is 1. The Morgan fingerprint density at radius 2 is 1.51 bits per heavy atom. The van der Waals surface area contributed by atoms with Gasteiger partial charge in [-0.15, -0.1) is 0 Å². The Labute approximate surface area is 232 Å². The zero-order valence-electron chi connectivity index (χ0n) is 22.8. The zero-order valence-corrected chi connectivity index (χ0v) is 23.6. The van der Waals surface area contributed by atoms with E-state index < -0.39 is 15.9 Å². The van der Waals surface area contributed by atoms with E-state index in [1.165, 1.54) is 4.31 Å². The Morgan fingerprint density at radius 3 is 2.13 bits per heavy atom. The number of nitrogens with zero attached hydrogens (tertiary/aromatic N) is 1. The highest BCUT2D eigenvalue weighted by atomic mass is 32.2. The highest BCUT2D eigenvalue weighted by Gasteiger charge is 2.72. The number of amides is 1. The van der Waals surface area contributed by atoms with Crippen LogP contribution in [0.3, 0.4) is 0 Å². The van der Waals surface area contributed by atoms with E-state index in [2.05, 4.69) is 31.3 Å². The molecule has 0 radical (unpaired) electrons. The van der Waals surface area contributed by atoms with Gasteiger partial charge in [0.05, 0.1) is 17.7 Å². The van der Waals surface area contributed by atoms with Gasteiger partial charge in [0, 0.05) is 18.0 Å². The average molecular weight is 543 g/mol. The van der Waals surface area contributed by atoms with Gasteiger partial charge < -0.3 is 5.32 Å². The summed E-state index contributed by atoms with van der Waals surface area (Å²) >= 11 is 0. The highest BCUT2D eigenvalue weighted by Crippen LogP contribution is 2.70. The predicted octanol–water partition coefficient (Wildman–Crippen LogP) is 5.74. The molecule has 204 valence electrons. The number of fused-ring (bicyclic) bond motifs is 1. The van der Waals surface area contributed by atoms with Crippen LogP contribution in [0.15, 0.2) is 91.0 Å². The van der Waals surface area contributed by atoms with Crippen molar-refractivity contribution in [2.24, 2.45) is 22.7 Å². The van der Waals surface area contributed by atoms with Crippen LogP contribution < -0.4 is 5.32 Å². The van der Waals surface area contributed by atoms with E-state index in [0.29, 0.717) is 18.9 Å². The minimum Gasteiger partial charge on any atom is -0.305 e. The lowest BCUT2D eigenvalue weighted by atomic mass is 9.69. The summed E-state index contributed by atoms with van der Waals surface area (Å²) in [6.07, 6.45) is 3.18. The summed E-state index contributed by atoms with van der Waals surface area (Å²) in [7, 11) is -3.72. The molecule has 6 heteroatoms. The molecule has 2 saturated carbocycles. The van der Waals surface area contributed by atoms with Crippen molar-refractivity contribution in [3.63, 3.8) is 0 Å². The SMILES string of the molecule is CC1(C)C2CCC13CS(=O)(=O)N(C(=O)C(Cc1ccccc1)C(NCc1ccccc1)c1ccccc1)C3C2. The normalized spacial score (nSPS) is 27.7. The number of hydrogen-bond donors (Lipinski definition) is 1. The van der Waals surface area contributed by atoms with Gasteiger partial charge in [0.15, 0.2) is 0 Å². The average Bonchev–Trinajstić information content (AvgIpc) is 3.42. The van der Waals surface area contributed by atoms with E-state index in [9.17, 15) is 13.2 Å². The third-order valence-corrected chi connectivity index (χ3v) is 12.1. The summed E-state index contributed by atoms with van der Waals surface area (Å²) in [6.45, 7) is 5.03. The number of carbonyl (C=O) groups excluding carboxylic acids is 1. The summed E-state index contributed by atoms with van der Waals surface area (Å²) < 4.78 is 29.1. The lowest BCUT2D eigenvalue weighted by Crippen LogP contribution is -2.49. The quantitative estimate of drug-likeness (QED) is 0.394. The van der Waals surface area contributed by atoms with Gasteiger partial charge in [-0.1, -0.05) is 105 Å². The highest BCUT2D eigenvalue weighted by molar-refractivity contribution is 7.90. The summed E-state index contributed by atoms with van der Waals surface area (Å²) in [6, 6.07) is 29.5. The second kappa shape index (κ2) is 9.90. The topological polar surface area (TPSA) is 66.5 Å². The van der Waals surface area contributed by atoms with Crippen molar-refractivity contribution in [1.29, 1.82) is 0 Å². The molecule has 2 aliphatic carbocycles. The molecule has 0 aromatic heterocycles. The number of benzene rings is 3. The standard InChI is InChI=1S/C33H38N2O3S/c1-32(2)27-18-19-33(32)23-39(37,38)35(29(33)21-27)31(36)28(20-24-12-6-3-7-13-24)30(26-16-10-5-11-17-26)34-22-25-14-8-4-9-15-25/h3-17,27-30,34H,18-23H2,1-2H3. The minimum atomic E-state index is -3.72. The lowest BCUT2D eigenvalue weighted by Gasteiger charge is -2.38. The van der Waals surface area contributed by atoms with E-state index in [4.69, 9.17) is 0 Å². The molecule has 1 aliphatic heterocycles. The van der Waals surface area contributed by atoms with E-state index in [-0.39, 0.29) is 34.6 Å². The third kappa shape index (κ3) is 4.42. The molecule has 5 unspecified atom stereocenters. The van der Waals surface area contributed by atoms with Crippen LogP contribution in [-0.4, -0.2) is 30.4 Å². The molecule has 5 atom stereocenters. The first-order valence-electron chi connectivity index (χ1n) is 14.2.